The Morgan fingerprint density at radius 1 is 1.06 bits per heavy atom. The highest BCUT2D eigenvalue weighted by atomic mass is 35.5. The van der Waals surface area contributed by atoms with Gasteiger partial charge in [-0.3, -0.25) is 0 Å². The Kier molecular flexibility index (Phi) is 3.77. The van der Waals surface area contributed by atoms with E-state index < -0.39 is 0 Å². The number of benzene rings is 2. The van der Waals surface area contributed by atoms with Crippen molar-refractivity contribution in [1.82, 2.24) is 0 Å². The van der Waals surface area contributed by atoms with Gasteiger partial charge < -0.3 is 9.84 Å². The normalized spacial score (nSPS) is 10.2. The molecule has 0 fully saturated rings. The second kappa shape index (κ2) is 5.30. The first-order valence-electron chi connectivity index (χ1n) is 5.01. The number of phenols is 1. The summed E-state index contributed by atoms with van der Waals surface area (Å²) in [5, 5.41) is 10.7. The van der Waals surface area contributed by atoms with Crippen molar-refractivity contribution in [3.63, 3.8) is 0 Å². The van der Waals surface area contributed by atoms with Crippen molar-refractivity contribution < 1.29 is 9.84 Å². The van der Waals surface area contributed by atoms with Gasteiger partial charge in [0.15, 0.2) is 0 Å². The minimum Gasteiger partial charge on any atom is -0.507 e. The maximum absolute atomic E-state index is 9.64. The molecule has 88 valence electrons. The van der Waals surface area contributed by atoms with Crippen molar-refractivity contribution >= 4 is 23.2 Å². The van der Waals surface area contributed by atoms with Crippen LogP contribution in [0.1, 0.15) is 5.56 Å². The Hall–Kier alpha value is -1.38. The minimum atomic E-state index is 0.115. The Morgan fingerprint density at radius 2 is 1.82 bits per heavy atom. The molecule has 1 N–H and O–H groups in total. The van der Waals surface area contributed by atoms with Gasteiger partial charge in [0.05, 0.1) is 5.02 Å². The maximum Gasteiger partial charge on any atom is 0.138 e. The Bertz CT molecular complexity index is 527. The van der Waals surface area contributed by atoms with E-state index in [1.807, 2.05) is 12.1 Å². The first kappa shape index (κ1) is 12.1. The van der Waals surface area contributed by atoms with Crippen LogP contribution < -0.4 is 4.74 Å². The predicted molar refractivity (Wildman–Crippen MR) is 68.9 cm³/mol. The van der Waals surface area contributed by atoms with Crippen LogP contribution in [0, 0.1) is 0 Å². The smallest absolute Gasteiger partial charge is 0.138 e. The number of phenolic OH excluding ortho intramolecular Hbond substituents is 1. The van der Waals surface area contributed by atoms with Crippen molar-refractivity contribution in [2.75, 3.05) is 0 Å². The first-order valence-corrected chi connectivity index (χ1v) is 5.77. The molecule has 2 aromatic rings. The van der Waals surface area contributed by atoms with Gasteiger partial charge in [0.2, 0.25) is 0 Å². The van der Waals surface area contributed by atoms with Gasteiger partial charge in [-0.1, -0.05) is 41.4 Å². The highest BCUT2D eigenvalue weighted by molar-refractivity contribution is 6.32. The summed E-state index contributed by atoms with van der Waals surface area (Å²) in [6, 6.07) is 12.1. The third-order valence-corrected chi connectivity index (χ3v) is 2.81. The Labute approximate surface area is 109 Å². The summed E-state index contributed by atoms with van der Waals surface area (Å²) in [6.45, 7) is 0.243. The molecule has 0 saturated heterocycles. The number of hydrogen-bond donors (Lipinski definition) is 1. The third-order valence-electron chi connectivity index (χ3n) is 2.27. The number of aromatic hydroxyl groups is 1. The average Bonchev–Trinajstić information content (AvgIpc) is 2.30. The van der Waals surface area contributed by atoms with E-state index in [1.165, 1.54) is 6.07 Å². The molecule has 0 amide bonds. The molecule has 17 heavy (non-hydrogen) atoms. The van der Waals surface area contributed by atoms with Crippen molar-refractivity contribution in [2.45, 2.75) is 6.61 Å². The summed E-state index contributed by atoms with van der Waals surface area (Å²) in [5.41, 5.74) is 0.661. The van der Waals surface area contributed by atoms with E-state index in [0.717, 1.165) is 0 Å². The minimum absolute atomic E-state index is 0.115. The third kappa shape index (κ3) is 3.05. The summed E-state index contributed by atoms with van der Waals surface area (Å²) in [4.78, 5) is 0. The van der Waals surface area contributed by atoms with Crippen LogP contribution in [0.4, 0.5) is 0 Å². The second-order valence-corrected chi connectivity index (χ2v) is 4.34. The molecule has 2 nitrogen and oxygen atoms in total. The largest absolute Gasteiger partial charge is 0.507 e. The highest BCUT2D eigenvalue weighted by Crippen LogP contribution is 2.27. The molecule has 0 unspecified atom stereocenters. The molecule has 2 aromatic carbocycles. The summed E-state index contributed by atoms with van der Waals surface area (Å²) >= 11 is 11.7. The molecule has 0 atom stereocenters. The van der Waals surface area contributed by atoms with Crippen LogP contribution in [0.3, 0.4) is 0 Å². The highest BCUT2D eigenvalue weighted by Gasteiger charge is 2.04. The van der Waals surface area contributed by atoms with Crippen LogP contribution in [0.25, 0.3) is 0 Å². The van der Waals surface area contributed by atoms with Crippen LogP contribution in [0.2, 0.25) is 10.0 Å². The lowest BCUT2D eigenvalue weighted by Gasteiger charge is -2.09. The number of ether oxygens (including phenoxy) is 1. The van der Waals surface area contributed by atoms with E-state index in [1.54, 1.807) is 24.3 Å². The number of hydrogen-bond acceptors (Lipinski definition) is 2. The van der Waals surface area contributed by atoms with Crippen molar-refractivity contribution in [3.8, 4) is 11.5 Å². The molecular weight excluding hydrogens is 259 g/mol. The van der Waals surface area contributed by atoms with E-state index in [9.17, 15) is 5.11 Å². The van der Waals surface area contributed by atoms with Gasteiger partial charge in [-0.05, 0) is 24.3 Å². The molecule has 0 aliphatic heterocycles. The zero-order chi connectivity index (χ0) is 12.3. The molecule has 0 spiro atoms. The Balaban J connectivity index is 2.10. The first-order chi connectivity index (χ1) is 8.16. The molecule has 0 saturated carbocycles. The van der Waals surface area contributed by atoms with E-state index >= 15 is 0 Å². The van der Waals surface area contributed by atoms with Crippen LogP contribution in [-0.4, -0.2) is 5.11 Å². The fraction of sp³-hybridized carbons (Fsp3) is 0.0769. The van der Waals surface area contributed by atoms with Gasteiger partial charge in [-0.25, -0.2) is 0 Å². The molecule has 0 aromatic heterocycles. The second-order valence-electron chi connectivity index (χ2n) is 3.49. The monoisotopic (exact) mass is 268 g/mol. The lowest BCUT2D eigenvalue weighted by molar-refractivity contribution is 0.299. The SMILES string of the molecule is Oc1cc(Cl)ccc1COc1ccccc1Cl. The fourth-order valence-corrected chi connectivity index (χ4v) is 1.73. The standard InChI is InChI=1S/C13H10Cl2O2/c14-10-6-5-9(12(16)7-10)8-17-13-4-2-1-3-11(13)15/h1-7,16H,8H2. The van der Waals surface area contributed by atoms with Crippen molar-refractivity contribution in [3.05, 3.63) is 58.1 Å². The van der Waals surface area contributed by atoms with Crippen LogP contribution in [-0.2, 0) is 6.61 Å². The van der Waals surface area contributed by atoms with Crippen LogP contribution in [0.5, 0.6) is 11.5 Å². The summed E-state index contributed by atoms with van der Waals surface area (Å²) < 4.78 is 5.51. The topological polar surface area (TPSA) is 29.5 Å². The van der Waals surface area contributed by atoms with Gasteiger partial charge in [-0.2, -0.15) is 0 Å². The van der Waals surface area contributed by atoms with E-state index in [0.29, 0.717) is 21.4 Å². The molecule has 4 heteroatoms. The number of rotatable bonds is 3. The fourth-order valence-electron chi connectivity index (χ4n) is 1.38. The lowest BCUT2D eigenvalue weighted by Crippen LogP contribution is -1.96. The molecule has 0 radical (unpaired) electrons. The van der Waals surface area contributed by atoms with Crippen molar-refractivity contribution in [2.24, 2.45) is 0 Å². The molecular formula is C13H10Cl2O2. The van der Waals surface area contributed by atoms with Gasteiger partial charge in [-0.15, -0.1) is 0 Å². The van der Waals surface area contributed by atoms with E-state index in [2.05, 4.69) is 0 Å². The van der Waals surface area contributed by atoms with Gasteiger partial charge in [0.25, 0.3) is 0 Å². The van der Waals surface area contributed by atoms with Crippen LogP contribution >= 0.6 is 23.2 Å². The Morgan fingerprint density at radius 3 is 2.53 bits per heavy atom. The summed E-state index contributed by atoms with van der Waals surface area (Å²) in [5.74, 6) is 0.702. The maximum atomic E-state index is 9.64. The lowest BCUT2D eigenvalue weighted by atomic mass is 10.2. The molecule has 0 aliphatic rings. The average molecular weight is 269 g/mol. The molecule has 2 rings (SSSR count). The predicted octanol–water partition coefficient (Wildman–Crippen LogP) is 4.28. The molecule has 0 heterocycles. The summed E-state index contributed by atoms with van der Waals surface area (Å²) in [6.07, 6.45) is 0. The summed E-state index contributed by atoms with van der Waals surface area (Å²) in [7, 11) is 0. The van der Waals surface area contributed by atoms with Gasteiger partial charge in [0, 0.05) is 10.6 Å². The van der Waals surface area contributed by atoms with E-state index in [-0.39, 0.29) is 12.4 Å². The zero-order valence-corrected chi connectivity index (χ0v) is 10.4. The van der Waals surface area contributed by atoms with Gasteiger partial charge in [0.1, 0.15) is 18.1 Å². The number of para-hydroxylation sites is 1. The van der Waals surface area contributed by atoms with Crippen LogP contribution in [0.15, 0.2) is 42.5 Å². The molecule has 0 aliphatic carbocycles. The van der Waals surface area contributed by atoms with E-state index in [4.69, 9.17) is 27.9 Å². The quantitative estimate of drug-likeness (QED) is 0.901. The molecule has 0 bridgehead atoms. The zero-order valence-electron chi connectivity index (χ0n) is 8.86. The number of halogens is 2. The van der Waals surface area contributed by atoms with Gasteiger partial charge >= 0.3 is 0 Å². The van der Waals surface area contributed by atoms with Crippen molar-refractivity contribution in [1.29, 1.82) is 0 Å².